The fraction of sp³-hybridized carbons (Fsp3) is 0.250. The Morgan fingerprint density at radius 3 is 2.50 bits per heavy atom. The van der Waals surface area contributed by atoms with Crippen LogP contribution in [0.5, 0.6) is 0 Å². The molecule has 0 heterocycles. The molecule has 0 spiro atoms. The molecule has 0 fully saturated rings. The maximum Gasteiger partial charge on any atom is 0.335 e. The van der Waals surface area contributed by atoms with Crippen LogP contribution in [0.25, 0.3) is 0 Å². The monoisotopic (exact) mass is 328 g/mol. The summed E-state index contributed by atoms with van der Waals surface area (Å²) in [5.74, 6) is -1.06. The summed E-state index contributed by atoms with van der Waals surface area (Å²) < 4.78 is 20.8. The zero-order valence-corrected chi connectivity index (χ0v) is 13.5. The predicted octanol–water partition coefficient (Wildman–Crippen LogP) is 4.43. The van der Waals surface area contributed by atoms with E-state index in [2.05, 4.69) is 6.58 Å². The average molecular weight is 328 g/mol. The van der Waals surface area contributed by atoms with Gasteiger partial charge in [-0.05, 0) is 17.2 Å². The highest BCUT2D eigenvalue weighted by Crippen LogP contribution is 2.26. The van der Waals surface area contributed by atoms with E-state index in [1.165, 1.54) is 12.1 Å². The first-order valence-electron chi connectivity index (χ1n) is 7.77. The molecule has 0 amide bonds. The number of alkyl halides is 1. The fourth-order valence-electron chi connectivity index (χ4n) is 2.59. The number of rotatable bonds is 9. The van der Waals surface area contributed by atoms with Crippen LogP contribution in [0.1, 0.15) is 27.9 Å². The van der Waals surface area contributed by atoms with Gasteiger partial charge in [0, 0.05) is 12.8 Å². The second kappa shape index (κ2) is 8.41. The molecule has 0 unspecified atom stereocenters. The van der Waals surface area contributed by atoms with E-state index in [4.69, 9.17) is 4.74 Å². The summed E-state index contributed by atoms with van der Waals surface area (Å²) >= 11 is 0. The van der Waals surface area contributed by atoms with Crippen LogP contribution < -0.4 is 0 Å². The molecule has 2 aromatic rings. The Kier molecular flexibility index (Phi) is 6.27. The second-order valence-electron chi connectivity index (χ2n) is 5.76. The van der Waals surface area contributed by atoms with E-state index < -0.39 is 11.6 Å². The maximum atomic E-state index is 15.2. The summed E-state index contributed by atoms with van der Waals surface area (Å²) in [5.41, 5.74) is -0.157. The Labute approximate surface area is 141 Å². The van der Waals surface area contributed by atoms with Gasteiger partial charge < -0.3 is 9.84 Å². The van der Waals surface area contributed by atoms with Crippen molar-refractivity contribution < 1.29 is 19.0 Å². The van der Waals surface area contributed by atoms with Crippen LogP contribution in [0, 0.1) is 0 Å². The number of benzene rings is 2. The van der Waals surface area contributed by atoms with E-state index >= 15 is 4.39 Å². The minimum absolute atomic E-state index is 0.0315. The molecule has 1 atom stereocenters. The molecule has 0 saturated carbocycles. The van der Waals surface area contributed by atoms with Crippen molar-refractivity contribution in [3.05, 3.63) is 83.9 Å². The SMILES string of the molecule is C=CC[C@@](F)(COCc1ccccc1)Cc1ccccc1C(=O)O. The molecule has 0 aromatic heterocycles. The van der Waals surface area contributed by atoms with Crippen molar-refractivity contribution in [2.24, 2.45) is 0 Å². The number of carboxylic acids is 1. The number of carbonyl (C=O) groups is 1. The Morgan fingerprint density at radius 2 is 1.83 bits per heavy atom. The molecule has 0 saturated heterocycles. The molecular weight excluding hydrogens is 307 g/mol. The van der Waals surface area contributed by atoms with Crippen LogP contribution in [0.2, 0.25) is 0 Å². The molecule has 3 nitrogen and oxygen atoms in total. The first kappa shape index (κ1) is 17.9. The second-order valence-corrected chi connectivity index (χ2v) is 5.76. The normalized spacial score (nSPS) is 13.2. The maximum absolute atomic E-state index is 15.2. The third kappa shape index (κ3) is 5.03. The Morgan fingerprint density at radius 1 is 1.17 bits per heavy atom. The molecule has 24 heavy (non-hydrogen) atoms. The van der Waals surface area contributed by atoms with Crippen LogP contribution >= 0.6 is 0 Å². The summed E-state index contributed by atoms with van der Waals surface area (Å²) in [4.78, 5) is 11.3. The van der Waals surface area contributed by atoms with E-state index in [9.17, 15) is 9.90 Å². The minimum Gasteiger partial charge on any atom is -0.478 e. The molecule has 0 bridgehead atoms. The quantitative estimate of drug-likeness (QED) is 0.693. The number of halogens is 1. The lowest BCUT2D eigenvalue weighted by Crippen LogP contribution is -2.32. The lowest BCUT2D eigenvalue weighted by atomic mass is 9.91. The van der Waals surface area contributed by atoms with Crippen LogP contribution in [0.4, 0.5) is 4.39 Å². The zero-order chi connectivity index (χ0) is 17.4. The molecule has 126 valence electrons. The highest BCUT2D eigenvalue weighted by Gasteiger charge is 2.30. The Balaban J connectivity index is 2.07. The molecule has 2 aromatic carbocycles. The highest BCUT2D eigenvalue weighted by atomic mass is 19.1. The molecule has 4 heteroatoms. The molecular formula is C20H21FO3. The molecule has 0 radical (unpaired) electrons. The Bertz CT molecular complexity index is 684. The number of carboxylic acid groups (broad SMARTS) is 1. The standard InChI is InChI=1S/C20H21FO3/c1-2-12-20(21,15-24-14-16-8-4-3-5-9-16)13-17-10-6-7-11-18(17)19(22)23/h2-11H,1,12-15H2,(H,22,23)/t20-/m0/s1. The van der Waals surface area contributed by atoms with Crippen LogP contribution in [0.15, 0.2) is 67.3 Å². The average Bonchev–Trinajstić information content (AvgIpc) is 2.56. The van der Waals surface area contributed by atoms with E-state index in [1.54, 1.807) is 18.2 Å². The number of allylic oxidation sites excluding steroid dienone is 1. The van der Waals surface area contributed by atoms with Gasteiger partial charge in [0.1, 0.15) is 5.67 Å². The van der Waals surface area contributed by atoms with Crippen LogP contribution in [-0.2, 0) is 17.8 Å². The Hall–Kier alpha value is -2.46. The van der Waals surface area contributed by atoms with Gasteiger partial charge in [-0.1, -0.05) is 54.6 Å². The summed E-state index contributed by atoms with van der Waals surface area (Å²) in [5, 5.41) is 9.24. The first-order valence-corrected chi connectivity index (χ1v) is 7.77. The number of ether oxygens (including phenoxy) is 1. The molecule has 2 rings (SSSR count). The third-order valence-corrected chi connectivity index (χ3v) is 3.74. The predicted molar refractivity (Wildman–Crippen MR) is 91.9 cm³/mol. The zero-order valence-electron chi connectivity index (χ0n) is 13.5. The van der Waals surface area contributed by atoms with Gasteiger partial charge >= 0.3 is 5.97 Å². The summed E-state index contributed by atoms with van der Waals surface area (Å²) in [7, 11) is 0. The van der Waals surface area contributed by atoms with Gasteiger partial charge in [0.25, 0.3) is 0 Å². The van der Waals surface area contributed by atoms with Gasteiger partial charge in [-0.25, -0.2) is 9.18 Å². The van der Waals surface area contributed by atoms with Gasteiger partial charge in [0.05, 0.1) is 18.8 Å². The van der Waals surface area contributed by atoms with Crippen LogP contribution in [0.3, 0.4) is 0 Å². The first-order chi connectivity index (χ1) is 11.5. The molecule has 1 N–H and O–H groups in total. The van der Waals surface area contributed by atoms with E-state index in [1.807, 2.05) is 30.3 Å². The van der Waals surface area contributed by atoms with Gasteiger partial charge in [0.15, 0.2) is 0 Å². The van der Waals surface area contributed by atoms with Crippen molar-refractivity contribution in [3.63, 3.8) is 0 Å². The summed E-state index contributed by atoms with van der Waals surface area (Å²) in [6.45, 7) is 3.79. The topological polar surface area (TPSA) is 46.5 Å². The fourth-order valence-corrected chi connectivity index (χ4v) is 2.59. The van der Waals surface area contributed by atoms with E-state index in [0.717, 1.165) is 5.56 Å². The van der Waals surface area contributed by atoms with Crippen molar-refractivity contribution in [1.29, 1.82) is 0 Å². The van der Waals surface area contributed by atoms with Crippen molar-refractivity contribution in [3.8, 4) is 0 Å². The van der Waals surface area contributed by atoms with Crippen LogP contribution in [-0.4, -0.2) is 23.4 Å². The van der Waals surface area contributed by atoms with Crippen molar-refractivity contribution in [2.45, 2.75) is 25.1 Å². The van der Waals surface area contributed by atoms with Gasteiger partial charge in [-0.2, -0.15) is 0 Å². The largest absolute Gasteiger partial charge is 0.478 e. The smallest absolute Gasteiger partial charge is 0.335 e. The van der Waals surface area contributed by atoms with Gasteiger partial charge in [-0.15, -0.1) is 6.58 Å². The minimum atomic E-state index is -1.69. The molecule has 0 aliphatic heterocycles. The van der Waals surface area contributed by atoms with Crippen molar-refractivity contribution in [1.82, 2.24) is 0 Å². The lowest BCUT2D eigenvalue weighted by molar-refractivity contribution is 0.00817. The third-order valence-electron chi connectivity index (χ3n) is 3.74. The lowest BCUT2D eigenvalue weighted by Gasteiger charge is -2.25. The van der Waals surface area contributed by atoms with Crippen molar-refractivity contribution in [2.75, 3.05) is 6.61 Å². The number of hydrogen-bond acceptors (Lipinski definition) is 2. The van der Waals surface area contributed by atoms with E-state index in [0.29, 0.717) is 12.2 Å². The summed E-state index contributed by atoms with van der Waals surface area (Å²) in [6.07, 6.45) is 1.56. The summed E-state index contributed by atoms with van der Waals surface area (Å²) in [6, 6.07) is 16.0. The van der Waals surface area contributed by atoms with Gasteiger partial charge in [-0.3, -0.25) is 0 Å². The van der Waals surface area contributed by atoms with Crippen molar-refractivity contribution >= 4 is 5.97 Å². The highest BCUT2D eigenvalue weighted by molar-refractivity contribution is 5.89. The number of aromatic carboxylic acids is 1. The molecule has 0 aliphatic rings. The van der Waals surface area contributed by atoms with Gasteiger partial charge in [0.2, 0.25) is 0 Å². The number of hydrogen-bond donors (Lipinski definition) is 1. The van der Waals surface area contributed by atoms with E-state index in [-0.39, 0.29) is 25.0 Å². The molecule has 0 aliphatic carbocycles.